The lowest BCUT2D eigenvalue weighted by molar-refractivity contribution is -0.0561. The number of aliphatic imine (C=N–C) groups is 1. The van der Waals surface area contributed by atoms with Crippen molar-refractivity contribution < 1.29 is 18.6 Å². The maximum Gasteiger partial charge on any atom is 0.288 e. The number of aliphatic hydroxyl groups is 1. The molecule has 3 rings (SSSR count). The van der Waals surface area contributed by atoms with Crippen molar-refractivity contribution in [3.63, 3.8) is 0 Å². The Hall–Kier alpha value is -0.910. The summed E-state index contributed by atoms with van der Waals surface area (Å²) in [7, 11) is 0. The SMILES string of the molecule is O[C@@H]1[C@@H](CF)C[C@@H]2OC(N3CCC3)=N[C@@H]2[C@@H]1F. The van der Waals surface area contributed by atoms with Gasteiger partial charge >= 0.3 is 0 Å². The monoisotopic (exact) mass is 246 g/mol. The largest absolute Gasteiger partial charge is 0.459 e. The van der Waals surface area contributed by atoms with Gasteiger partial charge in [0.2, 0.25) is 0 Å². The van der Waals surface area contributed by atoms with Gasteiger partial charge in [0.05, 0.1) is 12.8 Å². The lowest BCUT2D eigenvalue weighted by atomic mass is 9.81. The van der Waals surface area contributed by atoms with Gasteiger partial charge in [-0.2, -0.15) is 0 Å². The molecule has 96 valence electrons. The average Bonchev–Trinajstić information content (AvgIpc) is 2.64. The topological polar surface area (TPSA) is 45.1 Å². The molecule has 4 nitrogen and oxygen atoms in total. The van der Waals surface area contributed by atoms with Crippen molar-refractivity contribution in [2.75, 3.05) is 19.8 Å². The molecule has 1 saturated carbocycles. The van der Waals surface area contributed by atoms with E-state index in [4.69, 9.17) is 4.74 Å². The number of nitrogens with zero attached hydrogens (tertiary/aromatic N) is 2. The van der Waals surface area contributed by atoms with Crippen LogP contribution in [0.3, 0.4) is 0 Å². The Labute approximate surface area is 98.3 Å². The van der Waals surface area contributed by atoms with Gasteiger partial charge in [-0.25, -0.2) is 9.38 Å². The van der Waals surface area contributed by atoms with Gasteiger partial charge in [-0.05, 0) is 12.8 Å². The molecule has 17 heavy (non-hydrogen) atoms. The number of alkyl halides is 2. The predicted octanol–water partition coefficient (Wildman–Crippen LogP) is 0.504. The summed E-state index contributed by atoms with van der Waals surface area (Å²) in [6, 6.07) is -0.191. The molecule has 0 aromatic rings. The first-order valence-electron chi connectivity index (χ1n) is 6.08. The van der Waals surface area contributed by atoms with E-state index < -0.39 is 37.0 Å². The second kappa shape index (κ2) is 4.08. The third-order valence-electron chi connectivity index (χ3n) is 3.89. The number of fused-ring (bicyclic) bond motifs is 1. The maximum atomic E-state index is 13.9. The van der Waals surface area contributed by atoms with Crippen LogP contribution in [0.4, 0.5) is 8.78 Å². The molecular formula is C11H16F2N2O2. The smallest absolute Gasteiger partial charge is 0.288 e. The highest BCUT2D eigenvalue weighted by Gasteiger charge is 2.50. The fourth-order valence-corrected chi connectivity index (χ4v) is 2.63. The molecule has 1 aliphatic carbocycles. The van der Waals surface area contributed by atoms with Crippen molar-refractivity contribution in [2.24, 2.45) is 10.9 Å². The molecule has 6 heteroatoms. The lowest BCUT2D eigenvalue weighted by Crippen LogP contribution is -2.50. The normalized spacial score (nSPS) is 44.8. The molecule has 0 aromatic heterocycles. The van der Waals surface area contributed by atoms with Crippen molar-refractivity contribution >= 4 is 6.02 Å². The fraction of sp³-hybridized carbons (Fsp3) is 0.909. The highest BCUT2D eigenvalue weighted by molar-refractivity contribution is 5.76. The Balaban J connectivity index is 1.74. The molecule has 0 aromatic carbocycles. The minimum Gasteiger partial charge on any atom is -0.459 e. The quantitative estimate of drug-likeness (QED) is 0.733. The lowest BCUT2D eigenvalue weighted by Gasteiger charge is -2.35. The molecule has 2 aliphatic heterocycles. The number of hydrogen-bond donors (Lipinski definition) is 1. The Morgan fingerprint density at radius 2 is 2.24 bits per heavy atom. The van der Waals surface area contributed by atoms with E-state index in [1.165, 1.54) is 0 Å². The Morgan fingerprint density at radius 3 is 2.82 bits per heavy atom. The van der Waals surface area contributed by atoms with E-state index in [0.717, 1.165) is 19.5 Å². The minimum atomic E-state index is -1.52. The summed E-state index contributed by atoms with van der Waals surface area (Å²) in [4.78, 5) is 6.14. The highest BCUT2D eigenvalue weighted by atomic mass is 19.1. The summed E-state index contributed by atoms with van der Waals surface area (Å²) < 4.78 is 32.1. The maximum absolute atomic E-state index is 13.9. The first-order valence-corrected chi connectivity index (χ1v) is 6.08. The molecule has 0 spiro atoms. The summed E-state index contributed by atoms with van der Waals surface area (Å²) in [6.07, 6.45) is -1.77. The van der Waals surface area contributed by atoms with E-state index in [1.807, 2.05) is 4.90 Å². The number of amidine groups is 1. The van der Waals surface area contributed by atoms with Gasteiger partial charge < -0.3 is 14.7 Å². The van der Waals surface area contributed by atoms with Gasteiger partial charge in [-0.1, -0.05) is 0 Å². The van der Waals surface area contributed by atoms with Crippen LogP contribution in [0.15, 0.2) is 4.99 Å². The fourth-order valence-electron chi connectivity index (χ4n) is 2.63. The summed E-state index contributed by atoms with van der Waals surface area (Å²) in [5, 5.41) is 9.63. The van der Waals surface area contributed by atoms with Gasteiger partial charge in [-0.3, -0.25) is 4.39 Å². The van der Waals surface area contributed by atoms with Crippen LogP contribution >= 0.6 is 0 Å². The van der Waals surface area contributed by atoms with Gasteiger partial charge in [0.15, 0.2) is 6.17 Å². The molecule has 1 N–H and O–H groups in total. The standard InChI is InChI=1S/C11H16F2N2O2/c12-5-6-4-7-9(8(13)10(6)16)14-11(17-7)15-2-1-3-15/h6-10,16H,1-5H2/t6-,7+,8+,9+,10-/m1/s1. The van der Waals surface area contributed by atoms with Crippen LogP contribution in [0.25, 0.3) is 0 Å². The van der Waals surface area contributed by atoms with Crippen molar-refractivity contribution in [3.05, 3.63) is 0 Å². The number of likely N-dealkylation sites (tertiary alicyclic amines) is 1. The van der Waals surface area contributed by atoms with E-state index >= 15 is 0 Å². The molecule has 3 aliphatic rings. The van der Waals surface area contributed by atoms with Gasteiger partial charge in [-0.15, -0.1) is 0 Å². The summed E-state index contributed by atoms with van der Waals surface area (Å²) in [6.45, 7) is 1.04. The number of halogens is 2. The number of ether oxygens (including phenoxy) is 1. The second-order valence-corrected chi connectivity index (χ2v) is 4.98. The third-order valence-corrected chi connectivity index (χ3v) is 3.89. The molecule has 0 unspecified atom stereocenters. The van der Waals surface area contributed by atoms with Crippen molar-refractivity contribution in [1.82, 2.24) is 4.90 Å². The van der Waals surface area contributed by atoms with E-state index in [1.54, 1.807) is 0 Å². The first-order chi connectivity index (χ1) is 8.20. The van der Waals surface area contributed by atoms with Crippen molar-refractivity contribution in [2.45, 2.75) is 37.3 Å². The van der Waals surface area contributed by atoms with Crippen LogP contribution in [0.5, 0.6) is 0 Å². The van der Waals surface area contributed by atoms with Crippen LogP contribution in [0.1, 0.15) is 12.8 Å². The molecule has 0 amide bonds. The summed E-state index contributed by atoms with van der Waals surface area (Å²) >= 11 is 0. The second-order valence-electron chi connectivity index (χ2n) is 4.98. The van der Waals surface area contributed by atoms with Crippen molar-refractivity contribution in [1.29, 1.82) is 0 Å². The van der Waals surface area contributed by atoms with E-state index in [-0.39, 0.29) is 0 Å². The summed E-state index contributed by atoms with van der Waals surface area (Å²) in [5.41, 5.74) is 0. The minimum absolute atomic E-state index is 0.337. The van der Waals surface area contributed by atoms with Crippen LogP contribution in [-0.4, -0.2) is 60.2 Å². The predicted molar refractivity (Wildman–Crippen MR) is 57.3 cm³/mol. The molecular weight excluding hydrogens is 230 g/mol. The summed E-state index contributed by atoms with van der Waals surface area (Å²) in [5.74, 6) is -0.669. The zero-order valence-electron chi connectivity index (χ0n) is 9.43. The number of aliphatic hydroxyl groups excluding tert-OH is 1. The van der Waals surface area contributed by atoms with Gasteiger partial charge in [0.25, 0.3) is 6.02 Å². The molecule has 0 bridgehead atoms. The zero-order valence-corrected chi connectivity index (χ0v) is 9.43. The average molecular weight is 246 g/mol. The molecule has 2 heterocycles. The van der Waals surface area contributed by atoms with E-state index in [9.17, 15) is 13.9 Å². The van der Waals surface area contributed by atoms with E-state index in [0.29, 0.717) is 12.4 Å². The van der Waals surface area contributed by atoms with Crippen LogP contribution in [0, 0.1) is 5.92 Å². The Morgan fingerprint density at radius 1 is 1.47 bits per heavy atom. The number of hydrogen-bond acceptors (Lipinski definition) is 4. The third kappa shape index (κ3) is 1.69. The Bertz CT molecular complexity index is 335. The van der Waals surface area contributed by atoms with Crippen LogP contribution < -0.4 is 0 Å². The van der Waals surface area contributed by atoms with Gasteiger partial charge in [0.1, 0.15) is 12.1 Å². The molecule has 2 fully saturated rings. The highest BCUT2D eigenvalue weighted by Crippen LogP contribution is 2.35. The van der Waals surface area contributed by atoms with Gasteiger partial charge in [0, 0.05) is 19.0 Å². The van der Waals surface area contributed by atoms with E-state index in [2.05, 4.69) is 4.99 Å². The van der Waals surface area contributed by atoms with Crippen LogP contribution in [0.2, 0.25) is 0 Å². The molecule has 0 radical (unpaired) electrons. The molecule has 1 saturated heterocycles. The molecule has 5 atom stereocenters. The van der Waals surface area contributed by atoms with Crippen LogP contribution in [-0.2, 0) is 4.74 Å². The zero-order chi connectivity index (χ0) is 12.0. The Kier molecular flexibility index (Phi) is 2.69. The first kappa shape index (κ1) is 11.2. The van der Waals surface area contributed by atoms with Crippen molar-refractivity contribution in [3.8, 4) is 0 Å². The number of rotatable bonds is 1.